The van der Waals surface area contributed by atoms with E-state index in [9.17, 15) is 9.90 Å². The van der Waals surface area contributed by atoms with E-state index >= 15 is 0 Å². The van der Waals surface area contributed by atoms with Crippen molar-refractivity contribution in [2.45, 2.75) is 0 Å². The van der Waals surface area contributed by atoms with Crippen LogP contribution in [0.4, 0.5) is 0 Å². The van der Waals surface area contributed by atoms with Gasteiger partial charge in [-0.05, 0) is 18.2 Å². The molecule has 4 aromatic rings. The Hall–Kier alpha value is -3.48. The van der Waals surface area contributed by atoms with E-state index in [-0.39, 0.29) is 22.5 Å². The highest BCUT2D eigenvalue weighted by Gasteiger charge is 2.19. The van der Waals surface area contributed by atoms with E-state index in [0.717, 1.165) is 11.0 Å². The molecule has 0 amide bonds. The van der Waals surface area contributed by atoms with Gasteiger partial charge in [-0.2, -0.15) is 0 Å². The molecule has 0 aliphatic rings. The molecule has 0 bridgehead atoms. The first-order chi connectivity index (χ1) is 12.1. The summed E-state index contributed by atoms with van der Waals surface area (Å²) in [5.41, 5.74) is 1.78. The Morgan fingerprint density at radius 1 is 1.16 bits per heavy atom. The van der Waals surface area contributed by atoms with Gasteiger partial charge in [0.1, 0.15) is 22.5 Å². The van der Waals surface area contributed by atoms with Gasteiger partial charge in [0.25, 0.3) is 0 Å². The lowest BCUT2D eigenvalue weighted by Crippen LogP contribution is -2.05. The molecule has 0 saturated carbocycles. The second-order valence-electron chi connectivity index (χ2n) is 5.45. The van der Waals surface area contributed by atoms with Crippen LogP contribution < -0.4 is 14.9 Å². The molecule has 2 aromatic carbocycles. The number of aromatic hydroxyl groups is 1. The third kappa shape index (κ3) is 2.28. The average Bonchev–Trinajstić information content (AvgIpc) is 3.11. The standard InChI is InChI=1S/C18H14N2O5/c1-23-10-6-13(24-2)15-14(7-10)25-18(17(22)16(15)21)9-3-4-11-12(5-9)20-8-19-11/h3-8,22H,1-2H3,(H,19,20). The average molecular weight is 338 g/mol. The summed E-state index contributed by atoms with van der Waals surface area (Å²) in [7, 11) is 2.94. The molecule has 126 valence electrons. The van der Waals surface area contributed by atoms with Gasteiger partial charge in [0.15, 0.2) is 5.76 Å². The number of H-pyrrole nitrogens is 1. The van der Waals surface area contributed by atoms with Crippen molar-refractivity contribution in [3.05, 3.63) is 46.9 Å². The fourth-order valence-corrected chi connectivity index (χ4v) is 2.80. The smallest absolute Gasteiger partial charge is 0.238 e. The first-order valence-electron chi connectivity index (χ1n) is 7.47. The Labute approximate surface area is 141 Å². The van der Waals surface area contributed by atoms with Crippen molar-refractivity contribution in [3.8, 4) is 28.6 Å². The van der Waals surface area contributed by atoms with E-state index in [1.54, 1.807) is 36.7 Å². The maximum absolute atomic E-state index is 12.7. The molecule has 0 spiro atoms. The number of rotatable bonds is 3. The highest BCUT2D eigenvalue weighted by Crippen LogP contribution is 2.36. The molecule has 0 aliphatic heterocycles. The molecule has 2 aromatic heterocycles. The van der Waals surface area contributed by atoms with Gasteiger partial charge < -0.3 is 24.0 Å². The van der Waals surface area contributed by atoms with Crippen molar-refractivity contribution in [1.29, 1.82) is 0 Å². The Balaban J connectivity index is 2.04. The molecule has 4 rings (SSSR count). The quantitative estimate of drug-likeness (QED) is 0.596. The van der Waals surface area contributed by atoms with Crippen LogP contribution in [-0.2, 0) is 0 Å². The zero-order chi connectivity index (χ0) is 17.6. The predicted molar refractivity (Wildman–Crippen MR) is 92.3 cm³/mol. The van der Waals surface area contributed by atoms with Crippen LogP contribution in [0.3, 0.4) is 0 Å². The zero-order valence-corrected chi connectivity index (χ0v) is 13.5. The van der Waals surface area contributed by atoms with Crippen LogP contribution in [0.25, 0.3) is 33.3 Å². The lowest BCUT2D eigenvalue weighted by atomic mass is 10.1. The SMILES string of the molecule is COc1cc(OC)c2c(=O)c(O)c(-c3ccc4nc[nH]c4c3)oc2c1. The molecule has 0 atom stereocenters. The number of aromatic amines is 1. The van der Waals surface area contributed by atoms with Crippen LogP contribution in [0.1, 0.15) is 0 Å². The van der Waals surface area contributed by atoms with Crippen LogP contribution in [0.5, 0.6) is 17.2 Å². The highest BCUT2D eigenvalue weighted by molar-refractivity contribution is 5.89. The maximum atomic E-state index is 12.7. The lowest BCUT2D eigenvalue weighted by molar-refractivity contribution is 0.394. The maximum Gasteiger partial charge on any atom is 0.238 e. The molecule has 0 radical (unpaired) electrons. The van der Waals surface area contributed by atoms with Crippen molar-refractivity contribution in [2.24, 2.45) is 0 Å². The van der Waals surface area contributed by atoms with Gasteiger partial charge in [0.2, 0.25) is 11.2 Å². The number of nitrogens with one attached hydrogen (secondary N) is 1. The lowest BCUT2D eigenvalue weighted by Gasteiger charge is -2.10. The number of hydrogen-bond donors (Lipinski definition) is 2. The molecule has 2 heterocycles. The summed E-state index contributed by atoms with van der Waals surface area (Å²) in [6.45, 7) is 0. The highest BCUT2D eigenvalue weighted by atomic mass is 16.5. The minimum absolute atomic E-state index is 0.0734. The van der Waals surface area contributed by atoms with Gasteiger partial charge in [-0.3, -0.25) is 4.79 Å². The van der Waals surface area contributed by atoms with Crippen LogP contribution in [0.15, 0.2) is 45.9 Å². The molecule has 0 aliphatic carbocycles. The normalized spacial score (nSPS) is 11.1. The monoisotopic (exact) mass is 338 g/mol. The summed E-state index contributed by atoms with van der Waals surface area (Å²) in [4.78, 5) is 19.8. The summed E-state index contributed by atoms with van der Waals surface area (Å²) >= 11 is 0. The van der Waals surface area contributed by atoms with Crippen molar-refractivity contribution in [3.63, 3.8) is 0 Å². The van der Waals surface area contributed by atoms with Crippen LogP contribution in [0, 0.1) is 0 Å². The molecule has 0 unspecified atom stereocenters. The van der Waals surface area contributed by atoms with Gasteiger partial charge in [0.05, 0.1) is 31.6 Å². The van der Waals surface area contributed by atoms with Gasteiger partial charge in [-0.15, -0.1) is 0 Å². The second kappa shape index (κ2) is 5.55. The first kappa shape index (κ1) is 15.1. The molecule has 0 saturated heterocycles. The summed E-state index contributed by atoms with van der Waals surface area (Å²) in [6, 6.07) is 8.40. The molecule has 2 N–H and O–H groups in total. The minimum atomic E-state index is -0.569. The molecular formula is C18H14N2O5. The number of nitrogens with zero attached hydrogens (tertiary/aromatic N) is 1. The van der Waals surface area contributed by atoms with Gasteiger partial charge in [0, 0.05) is 17.7 Å². The Morgan fingerprint density at radius 3 is 2.76 bits per heavy atom. The fraction of sp³-hybridized carbons (Fsp3) is 0.111. The van der Waals surface area contributed by atoms with E-state index in [1.165, 1.54) is 14.2 Å². The third-order valence-electron chi connectivity index (χ3n) is 4.05. The topological polar surface area (TPSA) is 97.6 Å². The van der Waals surface area contributed by atoms with Gasteiger partial charge in [-0.1, -0.05) is 0 Å². The number of ether oxygens (including phenoxy) is 2. The molecule has 0 fully saturated rings. The minimum Gasteiger partial charge on any atom is -0.502 e. The molecule has 7 heteroatoms. The molecular weight excluding hydrogens is 324 g/mol. The number of hydrogen-bond acceptors (Lipinski definition) is 6. The van der Waals surface area contributed by atoms with E-state index in [2.05, 4.69) is 9.97 Å². The van der Waals surface area contributed by atoms with Crippen molar-refractivity contribution >= 4 is 22.0 Å². The fourth-order valence-electron chi connectivity index (χ4n) is 2.80. The number of fused-ring (bicyclic) bond motifs is 2. The van der Waals surface area contributed by atoms with Crippen molar-refractivity contribution < 1.29 is 19.0 Å². The van der Waals surface area contributed by atoms with Crippen LogP contribution in [0.2, 0.25) is 0 Å². The largest absolute Gasteiger partial charge is 0.502 e. The third-order valence-corrected chi connectivity index (χ3v) is 4.05. The Morgan fingerprint density at radius 2 is 2.00 bits per heavy atom. The van der Waals surface area contributed by atoms with Crippen molar-refractivity contribution in [2.75, 3.05) is 14.2 Å². The Kier molecular flexibility index (Phi) is 3.35. The number of imidazole rings is 1. The van der Waals surface area contributed by atoms with E-state index in [1.807, 2.05) is 0 Å². The van der Waals surface area contributed by atoms with E-state index < -0.39 is 11.2 Å². The summed E-state index contributed by atoms with van der Waals surface area (Å²) in [5, 5.41) is 10.6. The van der Waals surface area contributed by atoms with Gasteiger partial charge >= 0.3 is 0 Å². The molecule has 25 heavy (non-hydrogen) atoms. The first-order valence-corrected chi connectivity index (χ1v) is 7.47. The van der Waals surface area contributed by atoms with Gasteiger partial charge in [-0.25, -0.2) is 4.98 Å². The predicted octanol–water partition coefficient (Wildman–Crippen LogP) is 3.06. The second-order valence-corrected chi connectivity index (χ2v) is 5.45. The van der Waals surface area contributed by atoms with Crippen molar-refractivity contribution in [1.82, 2.24) is 9.97 Å². The Bertz CT molecular complexity index is 1160. The summed E-state index contributed by atoms with van der Waals surface area (Å²) in [6.07, 6.45) is 1.57. The summed E-state index contributed by atoms with van der Waals surface area (Å²) < 4.78 is 16.3. The number of benzene rings is 2. The van der Waals surface area contributed by atoms with Crippen LogP contribution in [-0.4, -0.2) is 29.3 Å². The number of methoxy groups -OCH3 is 2. The molecule has 7 nitrogen and oxygen atoms in total. The zero-order valence-electron chi connectivity index (χ0n) is 13.5. The summed E-state index contributed by atoms with van der Waals surface area (Å²) in [5.74, 6) is 0.348. The van der Waals surface area contributed by atoms with Crippen LogP contribution >= 0.6 is 0 Å². The van der Waals surface area contributed by atoms with E-state index in [4.69, 9.17) is 13.9 Å². The van der Waals surface area contributed by atoms with E-state index in [0.29, 0.717) is 11.3 Å². The number of aromatic nitrogens is 2.